The zero-order chi connectivity index (χ0) is 12.7. The molecule has 5 nitrogen and oxygen atoms in total. The third kappa shape index (κ3) is 2.45. The maximum absolute atomic E-state index is 12.5. The highest BCUT2D eigenvalue weighted by atomic mass is 35.5. The molecular formula is C13H20ClN3O2. The number of rotatable bonds is 1. The van der Waals surface area contributed by atoms with Gasteiger partial charge in [-0.25, -0.2) is 0 Å². The van der Waals surface area contributed by atoms with E-state index in [1.54, 1.807) is 4.90 Å². The zero-order valence-electron chi connectivity index (χ0n) is 10.8. The summed E-state index contributed by atoms with van der Waals surface area (Å²) in [5.74, 6) is 0.0509. The monoisotopic (exact) mass is 285 g/mol. The molecule has 0 unspecified atom stereocenters. The Balaban J connectivity index is 0.00000133. The van der Waals surface area contributed by atoms with Crippen molar-refractivity contribution in [1.29, 1.82) is 5.26 Å². The van der Waals surface area contributed by atoms with E-state index in [0.29, 0.717) is 6.54 Å². The van der Waals surface area contributed by atoms with Crippen molar-refractivity contribution in [2.75, 3.05) is 6.54 Å². The first-order valence-corrected chi connectivity index (χ1v) is 6.85. The predicted molar refractivity (Wildman–Crippen MR) is 71.7 cm³/mol. The number of fused-ring (bicyclic) bond motifs is 3. The smallest absolute Gasteiger partial charge is 0.241 e. The highest BCUT2D eigenvalue weighted by Gasteiger charge is 2.46. The van der Waals surface area contributed by atoms with E-state index in [1.807, 2.05) is 0 Å². The molecule has 2 N–H and O–H groups in total. The largest absolute Gasteiger partial charge is 0.393 e. The summed E-state index contributed by atoms with van der Waals surface area (Å²) in [7, 11) is 0. The van der Waals surface area contributed by atoms with E-state index in [-0.39, 0.29) is 48.5 Å². The maximum Gasteiger partial charge on any atom is 0.241 e. The van der Waals surface area contributed by atoms with Crippen LogP contribution in [0.1, 0.15) is 32.1 Å². The minimum Gasteiger partial charge on any atom is -0.393 e. The first kappa shape index (κ1) is 14.6. The Bertz CT molecular complexity index is 398. The van der Waals surface area contributed by atoms with Gasteiger partial charge in [0.25, 0.3) is 0 Å². The molecule has 19 heavy (non-hydrogen) atoms. The number of aliphatic hydroxyl groups excluding tert-OH is 1. The summed E-state index contributed by atoms with van der Waals surface area (Å²) in [5.41, 5.74) is 0. The van der Waals surface area contributed by atoms with E-state index in [0.717, 1.165) is 32.1 Å². The van der Waals surface area contributed by atoms with E-state index >= 15 is 0 Å². The van der Waals surface area contributed by atoms with Crippen molar-refractivity contribution in [3.05, 3.63) is 0 Å². The number of amides is 1. The lowest BCUT2D eigenvalue weighted by atomic mass is 9.74. The second-order valence-corrected chi connectivity index (χ2v) is 5.70. The van der Waals surface area contributed by atoms with Gasteiger partial charge in [-0.2, -0.15) is 5.26 Å². The van der Waals surface area contributed by atoms with E-state index in [4.69, 9.17) is 5.26 Å². The van der Waals surface area contributed by atoms with Crippen LogP contribution >= 0.6 is 12.4 Å². The molecule has 0 aromatic heterocycles. The normalized spacial score (nSPS) is 40.6. The summed E-state index contributed by atoms with van der Waals surface area (Å²) in [6.45, 7) is 0.683. The molecule has 0 radical (unpaired) electrons. The average molecular weight is 286 g/mol. The molecule has 3 heterocycles. The molecule has 0 aromatic rings. The molecule has 0 aromatic carbocycles. The average Bonchev–Trinajstić information content (AvgIpc) is 2.86. The van der Waals surface area contributed by atoms with Gasteiger partial charge in [0.05, 0.1) is 18.2 Å². The summed E-state index contributed by atoms with van der Waals surface area (Å²) in [4.78, 5) is 14.2. The van der Waals surface area contributed by atoms with Gasteiger partial charge in [-0.3, -0.25) is 4.79 Å². The van der Waals surface area contributed by atoms with Crippen LogP contribution in [0.3, 0.4) is 0 Å². The molecule has 3 saturated heterocycles. The number of likely N-dealkylation sites (tertiary alicyclic amines) is 1. The Morgan fingerprint density at radius 2 is 2.16 bits per heavy atom. The van der Waals surface area contributed by atoms with Crippen LogP contribution in [0.5, 0.6) is 0 Å². The molecule has 3 aliphatic heterocycles. The van der Waals surface area contributed by atoms with Gasteiger partial charge < -0.3 is 15.3 Å². The number of nitrogens with zero attached hydrogens (tertiary/aromatic N) is 2. The number of nitriles is 1. The van der Waals surface area contributed by atoms with Crippen LogP contribution in [-0.4, -0.2) is 46.7 Å². The van der Waals surface area contributed by atoms with Crippen LogP contribution in [0.25, 0.3) is 0 Å². The van der Waals surface area contributed by atoms with Gasteiger partial charge in [0, 0.05) is 18.5 Å². The van der Waals surface area contributed by atoms with Crippen LogP contribution in [0, 0.1) is 17.2 Å². The summed E-state index contributed by atoms with van der Waals surface area (Å²) < 4.78 is 0. The molecule has 6 heteroatoms. The van der Waals surface area contributed by atoms with Crippen molar-refractivity contribution in [2.45, 2.75) is 56.3 Å². The Labute approximate surface area is 119 Å². The van der Waals surface area contributed by atoms with Crippen LogP contribution in [0.15, 0.2) is 0 Å². The summed E-state index contributed by atoms with van der Waals surface area (Å²) in [6.07, 6.45) is 4.06. The van der Waals surface area contributed by atoms with Crippen molar-refractivity contribution in [3.63, 3.8) is 0 Å². The minimum atomic E-state index is -0.359. The summed E-state index contributed by atoms with van der Waals surface area (Å²) in [5, 5.41) is 22.4. The number of hydrogen-bond acceptors (Lipinski definition) is 4. The van der Waals surface area contributed by atoms with Crippen LogP contribution in [0.4, 0.5) is 0 Å². The molecule has 2 bridgehead atoms. The highest BCUT2D eigenvalue weighted by Crippen LogP contribution is 2.35. The molecule has 4 fully saturated rings. The van der Waals surface area contributed by atoms with Crippen LogP contribution < -0.4 is 5.32 Å². The van der Waals surface area contributed by atoms with Crippen molar-refractivity contribution < 1.29 is 9.90 Å². The van der Waals surface area contributed by atoms with E-state index in [2.05, 4.69) is 11.4 Å². The third-order valence-corrected chi connectivity index (χ3v) is 4.66. The van der Waals surface area contributed by atoms with E-state index < -0.39 is 0 Å². The fraction of sp³-hybridized carbons (Fsp3) is 0.846. The van der Waals surface area contributed by atoms with Crippen molar-refractivity contribution in [3.8, 4) is 6.07 Å². The molecule has 4 aliphatic rings. The molecular weight excluding hydrogens is 266 g/mol. The number of piperidine rings is 2. The second kappa shape index (κ2) is 5.66. The maximum atomic E-state index is 12.5. The number of aliphatic hydroxyl groups is 1. The number of carbonyl (C=O) groups is 1. The SMILES string of the molecule is Cl.N#C[C@@H]1CCCN1C(=O)[C@H]1N[C@H]2CC[C@@H]1[C@H](O)C2. The first-order valence-electron chi connectivity index (χ1n) is 6.85. The lowest BCUT2D eigenvalue weighted by molar-refractivity contribution is -0.140. The highest BCUT2D eigenvalue weighted by molar-refractivity contribution is 5.85. The summed E-state index contributed by atoms with van der Waals surface area (Å²) >= 11 is 0. The number of carbonyl (C=O) groups excluding carboxylic acids is 1. The minimum absolute atomic E-state index is 0. The van der Waals surface area contributed by atoms with E-state index in [1.165, 1.54) is 0 Å². The molecule has 5 atom stereocenters. The fourth-order valence-corrected chi connectivity index (χ4v) is 3.69. The molecule has 4 rings (SSSR count). The quantitative estimate of drug-likeness (QED) is 0.732. The lowest BCUT2D eigenvalue weighted by Crippen LogP contribution is -2.64. The molecule has 1 aliphatic carbocycles. The Hall–Kier alpha value is -0.830. The van der Waals surface area contributed by atoms with Crippen LogP contribution in [-0.2, 0) is 4.79 Å². The van der Waals surface area contributed by atoms with Crippen LogP contribution in [0.2, 0.25) is 0 Å². The predicted octanol–water partition coefficient (Wildman–Crippen LogP) is 0.424. The summed E-state index contributed by atoms with van der Waals surface area (Å²) in [6, 6.07) is 1.93. The molecule has 0 spiro atoms. The zero-order valence-corrected chi connectivity index (χ0v) is 11.6. The van der Waals surface area contributed by atoms with Gasteiger partial charge in [0.15, 0.2) is 0 Å². The van der Waals surface area contributed by atoms with Gasteiger partial charge >= 0.3 is 0 Å². The Morgan fingerprint density at radius 3 is 2.79 bits per heavy atom. The molecule has 1 saturated carbocycles. The van der Waals surface area contributed by atoms with Gasteiger partial charge in [0.2, 0.25) is 5.91 Å². The van der Waals surface area contributed by atoms with Gasteiger partial charge in [-0.05, 0) is 32.1 Å². The van der Waals surface area contributed by atoms with Crippen molar-refractivity contribution >= 4 is 18.3 Å². The van der Waals surface area contributed by atoms with Gasteiger partial charge in [-0.1, -0.05) is 0 Å². The van der Waals surface area contributed by atoms with Crippen molar-refractivity contribution in [1.82, 2.24) is 10.2 Å². The van der Waals surface area contributed by atoms with Gasteiger partial charge in [-0.15, -0.1) is 12.4 Å². The standard InChI is InChI=1S/C13H19N3O2.ClH/c14-7-9-2-1-5-16(9)13(18)12-10-4-3-8(15-12)6-11(10)17;/h8-12,15,17H,1-6H2;1H/t8-,9-,10+,11+,12-;/m0./s1. The lowest BCUT2D eigenvalue weighted by Gasteiger charge is -2.46. The molecule has 106 valence electrons. The molecule has 1 amide bonds. The first-order chi connectivity index (χ1) is 8.70. The Kier molecular flexibility index (Phi) is 4.34. The van der Waals surface area contributed by atoms with Crippen molar-refractivity contribution in [2.24, 2.45) is 5.92 Å². The topological polar surface area (TPSA) is 76.4 Å². The van der Waals surface area contributed by atoms with Gasteiger partial charge in [0.1, 0.15) is 6.04 Å². The van der Waals surface area contributed by atoms with E-state index in [9.17, 15) is 9.90 Å². The second-order valence-electron chi connectivity index (χ2n) is 5.70. The third-order valence-electron chi connectivity index (χ3n) is 4.66. The number of halogens is 1. The fourth-order valence-electron chi connectivity index (χ4n) is 3.69. The number of hydrogen-bond donors (Lipinski definition) is 2. The Morgan fingerprint density at radius 1 is 1.37 bits per heavy atom. The number of nitrogens with one attached hydrogen (secondary N) is 1.